The lowest BCUT2D eigenvalue weighted by molar-refractivity contribution is 0.0679. The first-order valence-corrected chi connectivity index (χ1v) is 10.9. The number of hydrogen-bond acceptors (Lipinski definition) is 6. The van der Waals surface area contributed by atoms with Gasteiger partial charge in [-0.15, -0.1) is 0 Å². The predicted molar refractivity (Wildman–Crippen MR) is 115 cm³/mol. The van der Waals surface area contributed by atoms with Gasteiger partial charge in [-0.1, -0.05) is 19.1 Å². The lowest BCUT2D eigenvalue weighted by atomic mass is 10.0. The maximum atomic E-state index is 12.5. The van der Waals surface area contributed by atoms with Crippen molar-refractivity contribution < 1.29 is 14.3 Å². The molecule has 0 radical (unpaired) electrons. The van der Waals surface area contributed by atoms with E-state index in [-0.39, 0.29) is 12.0 Å². The molecule has 3 heterocycles. The minimum Gasteiger partial charge on any atom is -0.491 e. The van der Waals surface area contributed by atoms with Crippen LogP contribution in [-0.4, -0.2) is 48.3 Å². The maximum absolute atomic E-state index is 12.5. The zero-order chi connectivity index (χ0) is 20.8. The van der Waals surface area contributed by atoms with Gasteiger partial charge in [0, 0.05) is 38.6 Å². The molecular weight excluding hydrogens is 380 g/mol. The predicted octanol–water partition coefficient (Wildman–Crippen LogP) is 3.20. The summed E-state index contributed by atoms with van der Waals surface area (Å²) in [6.45, 7) is 5.99. The van der Waals surface area contributed by atoms with Crippen molar-refractivity contribution in [1.82, 2.24) is 15.3 Å². The summed E-state index contributed by atoms with van der Waals surface area (Å²) in [4.78, 5) is 23.5. The number of piperidine rings is 1. The smallest absolute Gasteiger partial charge is 0.254 e. The number of hydrogen-bond donors (Lipinski definition) is 1. The Morgan fingerprint density at radius 3 is 2.90 bits per heavy atom. The molecule has 0 aliphatic carbocycles. The Kier molecular flexibility index (Phi) is 6.79. The van der Waals surface area contributed by atoms with Gasteiger partial charge in [-0.25, -0.2) is 9.97 Å². The van der Waals surface area contributed by atoms with E-state index < -0.39 is 0 Å². The highest BCUT2D eigenvalue weighted by Crippen LogP contribution is 2.20. The molecule has 160 valence electrons. The molecule has 0 spiro atoms. The molecule has 7 nitrogen and oxygen atoms in total. The topological polar surface area (TPSA) is 76.6 Å². The molecule has 1 amide bonds. The van der Waals surface area contributed by atoms with Crippen molar-refractivity contribution in [2.45, 2.75) is 45.3 Å². The van der Waals surface area contributed by atoms with Crippen molar-refractivity contribution in [1.29, 1.82) is 0 Å². The fourth-order valence-corrected chi connectivity index (χ4v) is 3.97. The second kappa shape index (κ2) is 9.89. The second-order valence-electron chi connectivity index (χ2n) is 8.24. The standard InChI is InChI=1S/C23H30N4O3/c1-17-5-3-9-27(15-17)23-25-13-19(14-26-23)22(28)24-12-18-6-2-7-20(11-18)30-16-21-8-4-10-29-21/h2,6-7,11,13-14,17,21H,3-5,8-10,12,15-16H2,1H3,(H,24,28)/t17-,21+/m0/s1. The summed E-state index contributed by atoms with van der Waals surface area (Å²) >= 11 is 0. The SMILES string of the molecule is C[C@H]1CCCN(c2ncc(C(=O)NCc3cccc(OC[C@H]4CCCO4)c3)cn2)C1. The maximum Gasteiger partial charge on any atom is 0.254 e. The molecule has 2 aliphatic heterocycles. The number of ether oxygens (including phenoxy) is 2. The third-order valence-corrected chi connectivity index (χ3v) is 5.65. The molecule has 1 N–H and O–H groups in total. The van der Waals surface area contributed by atoms with Crippen LogP contribution in [-0.2, 0) is 11.3 Å². The van der Waals surface area contributed by atoms with Gasteiger partial charge in [-0.05, 0) is 49.3 Å². The molecule has 2 aliphatic rings. The van der Waals surface area contributed by atoms with E-state index in [1.165, 1.54) is 6.42 Å². The summed E-state index contributed by atoms with van der Waals surface area (Å²) in [5.74, 6) is 1.96. The number of aromatic nitrogens is 2. The summed E-state index contributed by atoms with van der Waals surface area (Å²) in [6, 6.07) is 7.78. The van der Waals surface area contributed by atoms with Crippen molar-refractivity contribution in [3.63, 3.8) is 0 Å². The molecule has 4 rings (SSSR count). The first-order chi connectivity index (χ1) is 14.7. The largest absolute Gasteiger partial charge is 0.491 e. The number of nitrogens with zero attached hydrogens (tertiary/aromatic N) is 3. The number of carbonyl (C=O) groups is 1. The van der Waals surface area contributed by atoms with E-state index in [4.69, 9.17) is 9.47 Å². The van der Waals surface area contributed by atoms with E-state index in [9.17, 15) is 4.79 Å². The van der Waals surface area contributed by atoms with Gasteiger partial charge < -0.3 is 19.7 Å². The van der Waals surface area contributed by atoms with Crippen molar-refractivity contribution in [2.24, 2.45) is 5.92 Å². The molecule has 2 atom stereocenters. The second-order valence-corrected chi connectivity index (χ2v) is 8.24. The molecule has 2 aromatic rings. The van der Waals surface area contributed by atoms with Crippen LogP contribution >= 0.6 is 0 Å². The molecule has 1 aromatic carbocycles. The number of benzene rings is 1. The van der Waals surface area contributed by atoms with E-state index in [1.807, 2.05) is 24.3 Å². The highest BCUT2D eigenvalue weighted by Gasteiger charge is 2.19. The number of anilines is 1. The molecular formula is C23H30N4O3. The fraction of sp³-hybridized carbons (Fsp3) is 0.522. The zero-order valence-electron chi connectivity index (χ0n) is 17.5. The van der Waals surface area contributed by atoms with Gasteiger partial charge in [0.05, 0.1) is 11.7 Å². The van der Waals surface area contributed by atoms with Crippen molar-refractivity contribution >= 4 is 11.9 Å². The van der Waals surface area contributed by atoms with Gasteiger partial charge in [0.25, 0.3) is 5.91 Å². The zero-order valence-corrected chi connectivity index (χ0v) is 17.5. The van der Waals surface area contributed by atoms with Crippen molar-refractivity contribution in [3.8, 4) is 5.75 Å². The van der Waals surface area contributed by atoms with E-state index in [2.05, 4.69) is 27.1 Å². The lowest BCUT2D eigenvalue weighted by Gasteiger charge is -2.30. The van der Waals surface area contributed by atoms with E-state index in [0.29, 0.717) is 30.6 Å². The quantitative estimate of drug-likeness (QED) is 0.755. The molecule has 0 bridgehead atoms. The summed E-state index contributed by atoms with van der Waals surface area (Å²) in [5, 5.41) is 2.93. The Hall–Kier alpha value is -2.67. The third kappa shape index (κ3) is 5.48. The van der Waals surface area contributed by atoms with Crippen LogP contribution in [0.5, 0.6) is 5.75 Å². The number of carbonyl (C=O) groups excluding carboxylic acids is 1. The Balaban J connectivity index is 1.28. The van der Waals surface area contributed by atoms with Crippen molar-refractivity contribution in [2.75, 3.05) is 31.2 Å². The van der Waals surface area contributed by atoms with Gasteiger partial charge >= 0.3 is 0 Å². The lowest BCUT2D eigenvalue weighted by Crippen LogP contribution is -2.35. The molecule has 2 saturated heterocycles. The highest BCUT2D eigenvalue weighted by atomic mass is 16.5. The Morgan fingerprint density at radius 1 is 1.27 bits per heavy atom. The van der Waals surface area contributed by atoms with Crippen LogP contribution < -0.4 is 15.0 Å². The molecule has 7 heteroatoms. The fourth-order valence-electron chi connectivity index (χ4n) is 3.97. The Morgan fingerprint density at radius 2 is 2.13 bits per heavy atom. The van der Waals surface area contributed by atoms with E-state index in [0.717, 1.165) is 50.3 Å². The molecule has 2 fully saturated rings. The van der Waals surface area contributed by atoms with E-state index >= 15 is 0 Å². The van der Waals surface area contributed by atoms with Gasteiger partial charge in [0.15, 0.2) is 0 Å². The van der Waals surface area contributed by atoms with Crippen LogP contribution in [0, 0.1) is 5.92 Å². The van der Waals surface area contributed by atoms with Crippen LogP contribution in [0.3, 0.4) is 0 Å². The first-order valence-electron chi connectivity index (χ1n) is 10.9. The average molecular weight is 411 g/mol. The minimum atomic E-state index is -0.181. The van der Waals surface area contributed by atoms with Crippen LogP contribution in [0.1, 0.15) is 48.5 Å². The normalized spacial score (nSPS) is 21.4. The number of amides is 1. The summed E-state index contributed by atoms with van der Waals surface area (Å²) in [7, 11) is 0. The first kappa shape index (κ1) is 20.6. The molecule has 0 saturated carbocycles. The Labute approximate surface area is 177 Å². The van der Waals surface area contributed by atoms with Crippen molar-refractivity contribution in [3.05, 3.63) is 47.8 Å². The molecule has 0 unspecified atom stereocenters. The van der Waals surface area contributed by atoms with Crippen LogP contribution in [0.4, 0.5) is 5.95 Å². The van der Waals surface area contributed by atoms with Gasteiger partial charge in [0.2, 0.25) is 5.95 Å². The van der Waals surface area contributed by atoms with Gasteiger partial charge in [0.1, 0.15) is 12.4 Å². The molecule has 1 aromatic heterocycles. The van der Waals surface area contributed by atoms with E-state index in [1.54, 1.807) is 12.4 Å². The summed E-state index contributed by atoms with van der Waals surface area (Å²) in [6.07, 6.45) is 7.95. The van der Waals surface area contributed by atoms with Crippen LogP contribution in [0.15, 0.2) is 36.7 Å². The molecule has 30 heavy (non-hydrogen) atoms. The number of nitrogens with one attached hydrogen (secondary N) is 1. The van der Waals surface area contributed by atoms with Crippen LogP contribution in [0.2, 0.25) is 0 Å². The highest BCUT2D eigenvalue weighted by molar-refractivity contribution is 5.93. The average Bonchev–Trinajstić information content (AvgIpc) is 3.30. The minimum absolute atomic E-state index is 0.181. The monoisotopic (exact) mass is 410 g/mol. The summed E-state index contributed by atoms with van der Waals surface area (Å²) in [5.41, 5.74) is 1.45. The Bertz CT molecular complexity index is 837. The number of rotatable bonds is 7. The summed E-state index contributed by atoms with van der Waals surface area (Å²) < 4.78 is 11.4. The third-order valence-electron chi connectivity index (χ3n) is 5.65. The van der Waals surface area contributed by atoms with Gasteiger partial charge in [-0.3, -0.25) is 4.79 Å². The van der Waals surface area contributed by atoms with Crippen LogP contribution in [0.25, 0.3) is 0 Å². The van der Waals surface area contributed by atoms with Gasteiger partial charge in [-0.2, -0.15) is 0 Å².